The number of nitrogens with zero attached hydrogens (tertiary/aromatic N) is 3. The summed E-state index contributed by atoms with van der Waals surface area (Å²) in [5, 5.41) is 6.90. The van der Waals surface area contributed by atoms with Crippen molar-refractivity contribution in [1.82, 2.24) is 15.0 Å². The number of hydrogen-bond acceptors (Lipinski definition) is 4. The molecule has 0 saturated heterocycles. The van der Waals surface area contributed by atoms with E-state index >= 15 is 0 Å². The topological polar surface area (TPSA) is 51.8 Å². The van der Waals surface area contributed by atoms with Crippen LogP contribution in [0.25, 0.3) is 88.5 Å². The summed E-state index contributed by atoms with van der Waals surface area (Å²) in [6.45, 7) is 0. The van der Waals surface area contributed by atoms with E-state index in [9.17, 15) is 0 Å². The van der Waals surface area contributed by atoms with Crippen LogP contribution in [0.3, 0.4) is 0 Å². The molecule has 3 aromatic heterocycles. The maximum Gasteiger partial charge on any atom is 0.227 e. The summed E-state index contributed by atoms with van der Waals surface area (Å²) >= 11 is 0. The zero-order valence-electron chi connectivity index (χ0n) is 28.3. The molecule has 1 unspecified atom stereocenters. The van der Waals surface area contributed by atoms with Crippen molar-refractivity contribution in [2.24, 2.45) is 0 Å². The molecule has 1 aliphatic carbocycles. The summed E-state index contributed by atoms with van der Waals surface area (Å²) in [6, 6.07) is 49.2. The molecule has 1 atom stereocenters. The zero-order valence-corrected chi connectivity index (χ0v) is 31.1. The Morgan fingerprint density at radius 2 is 1.31 bits per heavy atom. The minimum atomic E-state index is 0. The molecule has 10 rings (SSSR count). The van der Waals surface area contributed by atoms with E-state index < -0.39 is 0 Å². The molecule has 5 heteroatoms. The smallest absolute Gasteiger partial charge is 0.227 e. The van der Waals surface area contributed by atoms with E-state index in [1.165, 1.54) is 21.5 Å². The first-order valence-corrected chi connectivity index (χ1v) is 17.4. The summed E-state index contributed by atoms with van der Waals surface area (Å²) in [6.07, 6.45) is 11.5. The van der Waals surface area contributed by atoms with Crippen molar-refractivity contribution in [3.05, 3.63) is 176 Å². The van der Waals surface area contributed by atoms with Crippen molar-refractivity contribution in [1.29, 1.82) is 0 Å². The van der Waals surface area contributed by atoms with Crippen molar-refractivity contribution >= 4 is 43.6 Å². The Morgan fingerprint density at radius 1 is 0.538 bits per heavy atom. The number of rotatable bonds is 5. The third-order valence-electron chi connectivity index (χ3n) is 10.1. The summed E-state index contributed by atoms with van der Waals surface area (Å²) in [4.78, 5) is 15.5. The normalized spacial score (nSPS) is 14.0. The number of hydrogen-bond donors (Lipinski definition) is 0. The first kappa shape index (κ1) is 32.4. The van der Waals surface area contributed by atoms with Gasteiger partial charge in [-0.3, -0.25) is 0 Å². The molecule has 1 aliphatic rings. The fourth-order valence-corrected chi connectivity index (χ4v) is 7.52. The maximum absolute atomic E-state index is 6.07. The number of pyridine rings is 1. The molecule has 0 N–H and O–H groups in total. The van der Waals surface area contributed by atoms with Crippen LogP contribution in [-0.2, 0) is 32.7 Å². The maximum atomic E-state index is 6.07. The van der Waals surface area contributed by atoms with Crippen LogP contribution in [0.5, 0.6) is 0 Å². The largest absolute Gasteiger partial charge is 0.438 e. The fourth-order valence-electron chi connectivity index (χ4n) is 7.52. The van der Waals surface area contributed by atoms with Gasteiger partial charge >= 0.3 is 0 Å². The van der Waals surface area contributed by atoms with Crippen molar-refractivity contribution < 1.29 is 37.1 Å². The van der Waals surface area contributed by atoms with E-state index in [0.29, 0.717) is 11.5 Å². The van der Waals surface area contributed by atoms with Gasteiger partial charge in [0.05, 0.1) is 11.4 Å². The van der Waals surface area contributed by atoms with Crippen LogP contribution >= 0.6 is 0 Å². The molecule has 9 aromatic rings. The van der Waals surface area contributed by atoms with Crippen molar-refractivity contribution in [3.8, 4) is 44.9 Å². The van der Waals surface area contributed by atoms with Gasteiger partial charge in [-0.15, -0.1) is 0 Å². The second kappa shape index (κ2) is 13.5. The van der Waals surface area contributed by atoms with E-state index in [2.05, 4.69) is 140 Å². The van der Waals surface area contributed by atoms with Gasteiger partial charge in [-0.25, -0.2) is 15.0 Å². The monoisotopic (exact) mass is 742 g/mol. The van der Waals surface area contributed by atoms with Crippen LogP contribution in [0.15, 0.2) is 174 Å². The molecular weight excluding hydrogens is 711 g/mol. The Labute approximate surface area is 326 Å². The molecule has 0 bridgehead atoms. The Kier molecular flexibility index (Phi) is 8.43. The second-order valence-electron chi connectivity index (χ2n) is 13.1. The molecule has 0 aliphatic heterocycles. The van der Waals surface area contributed by atoms with Crippen molar-refractivity contribution in [2.75, 3.05) is 0 Å². The van der Waals surface area contributed by atoms with Gasteiger partial charge in [0.15, 0.2) is 5.82 Å². The number of furan rings is 1. The predicted molar refractivity (Wildman–Crippen MR) is 209 cm³/mol. The average Bonchev–Trinajstić information content (AvgIpc) is 3.59. The van der Waals surface area contributed by atoms with E-state index in [1.54, 1.807) is 0 Å². The Hall–Kier alpha value is -5.55. The van der Waals surface area contributed by atoms with Crippen LogP contribution < -0.4 is 0 Å². The van der Waals surface area contributed by atoms with Gasteiger partial charge in [-0.1, -0.05) is 133 Å². The Bertz CT molecular complexity index is 2850. The van der Waals surface area contributed by atoms with Crippen LogP contribution in [0.4, 0.5) is 0 Å². The van der Waals surface area contributed by atoms with Crippen molar-refractivity contribution in [2.45, 2.75) is 12.3 Å². The van der Waals surface area contributed by atoms with Gasteiger partial charge < -0.3 is 4.42 Å². The molecular formula is C47H31N3OY. The molecule has 6 aromatic carbocycles. The van der Waals surface area contributed by atoms with Crippen LogP contribution in [0, 0.1) is 0 Å². The average molecular weight is 743 g/mol. The predicted octanol–water partition coefficient (Wildman–Crippen LogP) is 12.3. The first-order valence-electron chi connectivity index (χ1n) is 17.4. The standard InChI is InChI=1S/C47H31N3O.Y/c1-3-13-30(14-4-1)43-28-44(31-15-5-2-6-16-31)50-46(49-43)41-25-32(34-27-42-39-21-11-12-22-45(39)51-47(42)48-29-34)23-24-38(41)40-26-33-17-7-8-18-35(33)36-19-9-10-20-37(36)40;/h1-15,17-29,31H,16H2;. The van der Waals surface area contributed by atoms with Crippen LogP contribution in [0.2, 0.25) is 0 Å². The number of aromatic nitrogens is 3. The van der Waals surface area contributed by atoms with Gasteiger partial charge in [0.1, 0.15) is 5.58 Å². The number of para-hydroxylation sites is 1. The third kappa shape index (κ3) is 5.69. The number of fused-ring (bicyclic) bond motifs is 6. The van der Waals surface area contributed by atoms with E-state index in [4.69, 9.17) is 19.4 Å². The quantitative estimate of drug-likeness (QED) is 0.165. The molecule has 243 valence electrons. The number of allylic oxidation sites excluding steroid dienone is 4. The SMILES string of the molecule is C1=CCC(c2cc(-c3ccccc3)nc(-c3cc(-c4cnc5oc6ccccc6c5c4)ccc3-c3cc4ccccc4c4ccccc34)n2)C=C1.[Y]. The molecule has 0 saturated carbocycles. The van der Waals surface area contributed by atoms with Gasteiger partial charge in [-0.05, 0) is 75.0 Å². The number of benzene rings is 6. The van der Waals surface area contributed by atoms with Gasteiger partial charge in [0.25, 0.3) is 0 Å². The van der Waals surface area contributed by atoms with Gasteiger partial charge in [0, 0.05) is 72.3 Å². The third-order valence-corrected chi connectivity index (χ3v) is 10.1. The fraction of sp³-hybridized carbons (Fsp3) is 0.0426. The van der Waals surface area contributed by atoms with E-state index in [-0.39, 0.29) is 38.6 Å². The van der Waals surface area contributed by atoms with Crippen LogP contribution in [0.1, 0.15) is 18.0 Å². The first-order chi connectivity index (χ1) is 25.3. The second-order valence-corrected chi connectivity index (χ2v) is 13.1. The van der Waals surface area contributed by atoms with E-state index in [0.717, 1.165) is 67.5 Å². The molecule has 3 heterocycles. The van der Waals surface area contributed by atoms with Gasteiger partial charge in [-0.2, -0.15) is 0 Å². The zero-order chi connectivity index (χ0) is 33.7. The minimum Gasteiger partial charge on any atom is -0.438 e. The van der Waals surface area contributed by atoms with Crippen molar-refractivity contribution in [3.63, 3.8) is 0 Å². The molecule has 0 spiro atoms. The molecule has 0 fully saturated rings. The summed E-state index contributed by atoms with van der Waals surface area (Å²) < 4.78 is 6.07. The molecule has 4 nitrogen and oxygen atoms in total. The van der Waals surface area contributed by atoms with E-state index in [1.807, 2.05) is 30.5 Å². The summed E-state index contributed by atoms with van der Waals surface area (Å²) in [5.74, 6) is 0.861. The van der Waals surface area contributed by atoms with Crippen LogP contribution in [-0.4, -0.2) is 15.0 Å². The Morgan fingerprint density at radius 3 is 2.15 bits per heavy atom. The summed E-state index contributed by atoms with van der Waals surface area (Å²) in [7, 11) is 0. The molecule has 52 heavy (non-hydrogen) atoms. The minimum absolute atomic E-state index is 0. The van der Waals surface area contributed by atoms with Gasteiger partial charge in [0.2, 0.25) is 5.71 Å². The molecule has 0 amide bonds. The summed E-state index contributed by atoms with van der Waals surface area (Å²) in [5.41, 5.74) is 9.69. The molecule has 1 radical (unpaired) electrons. The Balaban J connectivity index is 0.00000360.